The van der Waals surface area contributed by atoms with Gasteiger partial charge in [-0.3, -0.25) is 4.57 Å². The van der Waals surface area contributed by atoms with Crippen LogP contribution in [0.5, 0.6) is 0 Å². The molecule has 2 aromatic rings. The molecule has 0 fully saturated rings. The lowest BCUT2D eigenvalue weighted by atomic mass is 10.2. The zero-order valence-electron chi connectivity index (χ0n) is 8.65. The maximum atomic E-state index is 10.8. The molecule has 0 amide bonds. The number of halogens is 1. The third-order valence-electron chi connectivity index (χ3n) is 2.05. The van der Waals surface area contributed by atoms with Gasteiger partial charge in [0.15, 0.2) is 0 Å². The molecule has 0 radical (unpaired) electrons. The first-order valence-corrected chi connectivity index (χ1v) is 4.95. The second-order valence-corrected chi connectivity index (χ2v) is 3.63. The number of aromatic nitrogens is 3. The Bertz CT molecular complexity index is 639. The van der Waals surface area contributed by atoms with E-state index in [1.165, 1.54) is 16.7 Å². The van der Waals surface area contributed by atoms with Crippen LogP contribution in [-0.2, 0) is 0 Å². The Balaban J connectivity index is 2.49. The molecule has 0 aliphatic heterocycles. The molecule has 2 aromatic heterocycles. The number of nitro groups is 1. The summed E-state index contributed by atoms with van der Waals surface area (Å²) >= 11 is 5.67. The number of aromatic carboxylic acids is 1. The molecule has 0 aliphatic rings. The Morgan fingerprint density at radius 3 is 2.78 bits per heavy atom. The van der Waals surface area contributed by atoms with Gasteiger partial charge in [-0.2, -0.15) is 0 Å². The molecule has 0 saturated heterocycles. The largest absolute Gasteiger partial charge is 0.478 e. The predicted molar refractivity (Wildman–Crippen MR) is 60.0 cm³/mol. The molecule has 0 unspecified atom stereocenters. The van der Waals surface area contributed by atoms with Gasteiger partial charge in [-0.15, -0.1) is 0 Å². The van der Waals surface area contributed by atoms with Gasteiger partial charge in [0.05, 0.1) is 5.56 Å². The molecule has 92 valence electrons. The average Bonchev–Trinajstić information content (AvgIpc) is 2.77. The summed E-state index contributed by atoms with van der Waals surface area (Å²) in [6, 6.07) is 2.42. The number of nitrogens with zero attached hydrogens (tertiary/aromatic N) is 4. The smallest absolute Gasteiger partial charge is 0.381 e. The number of carboxylic acids is 1. The fraction of sp³-hybridized carbons (Fsp3) is 0. The van der Waals surface area contributed by atoms with Crippen molar-refractivity contribution in [2.24, 2.45) is 0 Å². The minimum absolute atomic E-state index is 0.0266. The Hall–Kier alpha value is -2.48. The molecule has 0 aliphatic carbocycles. The van der Waals surface area contributed by atoms with E-state index in [9.17, 15) is 14.9 Å². The van der Waals surface area contributed by atoms with E-state index < -0.39 is 10.9 Å². The van der Waals surface area contributed by atoms with Crippen LogP contribution in [0.25, 0.3) is 5.82 Å². The Morgan fingerprint density at radius 2 is 2.22 bits per heavy atom. The average molecular weight is 269 g/mol. The standard InChI is InChI=1S/C9H5ClN4O4/c10-6-1-5(9(15)16)2-7(12-6)13-3-8(11-4-13)14(17)18/h1-4H,(H,15,16). The summed E-state index contributed by atoms with van der Waals surface area (Å²) in [6.07, 6.45) is 2.27. The van der Waals surface area contributed by atoms with Gasteiger partial charge in [-0.1, -0.05) is 11.6 Å². The maximum Gasteiger partial charge on any atom is 0.381 e. The monoisotopic (exact) mass is 268 g/mol. The fourth-order valence-electron chi connectivity index (χ4n) is 1.27. The van der Waals surface area contributed by atoms with Crippen LogP contribution in [0.4, 0.5) is 5.82 Å². The molecule has 0 aromatic carbocycles. The minimum atomic E-state index is -1.17. The number of carboxylic acid groups (broad SMARTS) is 1. The van der Waals surface area contributed by atoms with Gasteiger partial charge in [0.2, 0.25) is 6.33 Å². The molecule has 2 heterocycles. The van der Waals surface area contributed by atoms with E-state index in [0.29, 0.717) is 0 Å². The molecule has 0 spiro atoms. The van der Waals surface area contributed by atoms with Crippen LogP contribution in [-0.4, -0.2) is 30.5 Å². The third kappa shape index (κ3) is 2.28. The lowest BCUT2D eigenvalue weighted by Gasteiger charge is -2.02. The SMILES string of the molecule is O=C(O)c1cc(Cl)nc(-n2cnc([N+](=O)[O-])c2)c1. The summed E-state index contributed by atoms with van der Waals surface area (Å²) in [5, 5.41) is 19.3. The van der Waals surface area contributed by atoms with Gasteiger partial charge in [-0.25, -0.2) is 9.78 Å². The van der Waals surface area contributed by atoms with Crippen molar-refractivity contribution in [2.45, 2.75) is 0 Å². The molecule has 8 nitrogen and oxygen atoms in total. The van der Waals surface area contributed by atoms with Gasteiger partial charge in [0.25, 0.3) is 0 Å². The Morgan fingerprint density at radius 1 is 1.50 bits per heavy atom. The fourth-order valence-corrected chi connectivity index (χ4v) is 1.47. The zero-order chi connectivity index (χ0) is 13.3. The van der Waals surface area contributed by atoms with Gasteiger partial charge < -0.3 is 15.2 Å². The lowest BCUT2D eigenvalue weighted by Crippen LogP contribution is -2.01. The van der Waals surface area contributed by atoms with E-state index in [1.807, 2.05) is 0 Å². The van der Waals surface area contributed by atoms with Crippen LogP contribution in [0.3, 0.4) is 0 Å². The summed E-state index contributed by atoms with van der Waals surface area (Å²) in [4.78, 5) is 28.0. The van der Waals surface area contributed by atoms with Gasteiger partial charge in [0, 0.05) is 0 Å². The highest BCUT2D eigenvalue weighted by Crippen LogP contribution is 2.16. The second-order valence-electron chi connectivity index (χ2n) is 3.24. The molecule has 2 rings (SSSR count). The van der Waals surface area contributed by atoms with Crippen molar-refractivity contribution in [1.29, 1.82) is 0 Å². The first kappa shape index (κ1) is 12.0. The lowest BCUT2D eigenvalue weighted by molar-refractivity contribution is -0.389. The van der Waals surface area contributed by atoms with Crippen LogP contribution in [0.1, 0.15) is 10.4 Å². The number of imidazole rings is 1. The predicted octanol–water partition coefficient (Wildman–Crippen LogP) is 1.53. The van der Waals surface area contributed by atoms with Crippen molar-refractivity contribution in [2.75, 3.05) is 0 Å². The van der Waals surface area contributed by atoms with Crippen molar-refractivity contribution < 1.29 is 14.8 Å². The number of hydrogen-bond acceptors (Lipinski definition) is 5. The van der Waals surface area contributed by atoms with Crippen LogP contribution in [0, 0.1) is 10.1 Å². The highest BCUT2D eigenvalue weighted by molar-refractivity contribution is 6.29. The zero-order valence-corrected chi connectivity index (χ0v) is 9.40. The number of pyridine rings is 1. The number of rotatable bonds is 3. The summed E-state index contributed by atoms with van der Waals surface area (Å²) < 4.78 is 1.22. The summed E-state index contributed by atoms with van der Waals surface area (Å²) in [5.41, 5.74) is -0.0682. The van der Waals surface area contributed by atoms with E-state index >= 15 is 0 Å². The summed E-state index contributed by atoms with van der Waals surface area (Å²) in [6.45, 7) is 0. The Labute approximate surface area is 105 Å². The topological polar surface area (TPSA) is 111 Å². The normalized spacial score (nSPS) is 10.3. The molecule has 0 atom stereocenters. The van der Waals surface area contributed by atoms with Crippen LogP contribution >= 0.6 is 11.6 Å². The third-order valence-corrected chi connectivity index (χ3v) is 2.24. The van der Waals surface area contributed by atoms with E-state index in [0.717, 1.165) is 12.5 Å². The molecule has 18 heavy (non-hydrogen) atoms. The first-order valence-electron chi connectivity index (χ1n) is 4.57. The van der Waals surface area contributed by atoms with E-state index in [4.69, 9.17) is 16.7 Å². The molecule has 9 heteroatoms. The van der Waals surface area contributed by atoms with Gasteiger partial charge >= 0.3 is 11.8 Å². The maximum absolute atomic E-state index is 10.8. The van der Waals surface area contributed by atoms with E-state index in [-0.39, 0.29) is 22.4 Å². The van der Waals surface area contributed by atoms with Crippen molar-refractivity contribution >= 4 is 23.4 Å². The van der Waals surface area contributed by atoms with Crippen molar-refractivity contribution in [3.8, 4) is 5.82 Å². The summed E-state index contributed by atoms with van der Waals surface area (Å²) in [7, 11) is 0. The van der Waals surface area contributed by atoms with Crippen molar-refractivity contribution in [3.05, 3.63) is 45.5 Å². The van der Waals surface area contributed by atoms with E-state index in [2.05, 4.69) is 9.97 Å². The molecular weight excluding hydrogens is 264 g/mol. The highest BCUT2D eigenvalue weighted by atomic mass is 35.5. The van der Waals surface area contributed by atoms with E-state index in [1.54, 1.807) is 0 Å². The van der Waals surface area contributed by atoms with Crippen molar-refractivity contribution in [3.63, 3.8) is 0 Å². The van der Waals surface area contributed by atoms with Crippen molar-refractivity contribution in [1.82, 2.24) is 14.5 Å². The minimum Gasteiger partial charge on any atom is -0.478 e. The van der Waals surface area contributed by atoms with Crippen LogP contribution in [0.2, 0.25) is 5.15 Å². The second kappa shape index (κ2) is 4.41. The van der Waals surface area contributed by atoms with Gasteiger partial charge in [-0.05, 0) is 22.0 Å². The molecule has 0 saturated carbocycles. The molecule has 1 N–H and O–H groups in total. The quantitative estimate of drug-likeness (QED) is 0.513. The van der Waals surface area contributed by atoms with Crippen LogP contribution in [0.15, 0.2) is 24.7 Å². The number of carbonyl (C=O) groups is 1. The number of hydrogen-bond donors (Lipinski definition) is 1. The van der Waals surface area contributed by atoms with Gasteiger partial charge in [0.1, 0.15) is 17.2 Å². The first-order chi connectivity index (χ1) is 8.47. The Kier molecular flexibility index (Phi) is 2.94. The molecule has 0 bridgehead atoms. The molecular formula is C9H5ClN4O4. The highest BCUT2D eigenvalue weighted by Gasteiger charge is 2.14. The van der Waals surface area contributed by atoms with Crippen LogP contribution < -0.4 is 0 Å². The summed E-state index contributed by atoms with van der Waals surface area (Å²) in [5.74, 6) is -1.40.